The van der Waals surface area contributed by atoms with E-state index in [9.17, 15) is 23.3 Å². The summed E-state index contributed by atoms with van der Waals surface area (Å²) in [5.74, 6) is -4.14. The number of ether oxygens (including phenoxy) is 2. The molecular formula is C32H35F2N4O8PS. The Bertz CT molecular complexity index is 1860. The molecule has 48 heavy (non-hydrogen) atoms. The van der Waals surface area contributed by atoms with Gasteiger partial charge in [-0.1, -0.05) is 38.1 Å². The Balaban J connectivity index is 1.57. The summed E-state index contributed by atoms with van der Waals surface area (Å²) >= 11 is 1.36. The molecule has 4 atom stereocenters. The van der Waals surface area contributed by atoms with Crippen LogP contribution in [0.15, 0.2) is 58.4 Å². The van der Waals surface area contributed by atoms with Crippen molar-refractivity contribution in [1.29, 1.82) is 0 Å². The SMILES string of the molecule is CCOP(=O)(N[C@H](C(=O)OC)C(C)C)Oc1c2n(ccc1=O)N([C@@H]1c3ccccc3SCc3c1ccc(F)c3F)[C@@H]1COCCN1C2=O. The normalized spacial score (nSPS) is 20.5. The Morgan fingerprint density at radius 1 is 1.15 bits per heavy atom. The van der Waals surface area contributed by atoms with Gasteiger partial charge < -0.3 is 18.9 Å². The van der Waals surface area contributed by atoms with Crippen LogP contribution in [0.3, 0.4) is 0 Å². The molecule has 16 heteroatoms. The lowest BCUT2D eigenvalue weighted by molar-refractivity contribution is -0.143. The number of methoxy groups -OCH3 is 1. The summed E-state index contributed by atoms with van der Waals surface area (Å²) in [5.41, 5.74) is 0.331. The van der Waals surface area contributed by atoms with Crippen LogP contribution in [0, 0.1) is 17.6 Å². The molecule has 0 radical (unpaired) electrons. The summed E-state index contributed by atoms with van der Waals surface area (Å²) in [4.78, 5) is 42.8. The molecule has 4 heterocycles. The minimum absolute atomic E-state index is 0.0620. The van der Waals surface area contributed by atoms with Crippen molar-refractivity contribution >= 4 is 31.4 Å². The number of hydrogen-bond acceptors (Lipinski definition) is 10. The highest BCUT2D eigenvalue weighted by molar-refractivity contribution is 7.98. The molecule has 3 aliphatic heterocycles. The summed E-state index contributed by atoms with van der Waals surface area (Å²) in [7, 11) is -3.32. The number of nitrogens with zero attached hydrogens (tertiary/aromatic N) is 3. The van der Waals surface area contributed by atoms with E-state index in [4.69, 9.17) is 18.5 Å². The van der Waals surface area contributed by atoms with Gasteiger partial charge in [0.1, 0.15) is 12.2 Å². The third kappa shape index (κ3) is 6.02. The Kier molecular flexibility index (Phi) is 9.69. The van der Waals surface area contributed by atoms with Gasteiger partial charge in [0.2, 0.25) is 11.2 Å². The number of amides is 1. The van der Waals surface area contributed by atoms with E-state index in [1.54, 1.807) is 25.8 Å². The first-order valence-corrected chi connectivity index (χ1v) is 17.9. The van der Waals surface area contributed by atoms with Gasteiger partial charge in [0, 0.05) is 35.0 Å². The van der Waals surface area contributed by atoms with Crippen molar-refractivity contribution in [1.82, 2.24) is 14.7 Å². The van der Waals surface area contributed by atoms with Crippen LogP contribution in [-0.2, 0) is 29.1 Å². The van der Waals surface area contributed by atoms with Gasteiger partial charge in [-0.2, -0.15) is 5.09 Å². The number of pyridine rings is 1. The van der Waals surface area contributed by atoms with Gasteiger partial charge in [-0.05, 0) is 36.1 Å². The first kappa shape index (κ1) is 34.1. The summed E-state index contributed by atoms with van der Waals surface area (Å²) in [6, 6.07) is 9.24. The molecule has 3 aromatic rings. The van der Waals surface area contributed by atoms with Gasteiger partial charge in [0.05, 0.1) is 33.0 Å². The van der Waals surface area contributed by atoms with Crippen LogP contribution in [-0.4, -0.2) is 67.1 Å². The topological polar surface area (TPSA) is 129 Å². The highest BCUT2D eigenvalue weighted by Crippen LogP contribution is 2.48. The van der Waals surface area contributed by atoms with E-state index < -0.39 is 66.6 Å². The number of fused-ring (bicyclic) bond motifs is 4. The number of aromatic nitrogens is 1. The van der Waals surface area contributed by atoms with Crippen LogP contribution < -0.4 is 20.0 Å². The molecule has 1 N–H and O–H groups in total. The second-order valence-electron chi connectivity index (χ2n) is 11.7. The van der Waals surface area contributed by atoms with E-state index in [1.807, 2.05) is 24.3 Å². The average Bonchev–Trinajstić information content (AvgIpc) is 3.24. The van der Waals surface area contributed by atoms with Crippen molar-refractivity contribution < 1.29 is 41.5 Å². The predicted molar refractivity (Wildman–Crippen MR) is 172 cm³/mol. The Labute approximate surface area is 279 Å². The van der Waals surface area contributed by atoms with Crippen molar-refractivity contribution in [3.05, 3.63) is 92.9 Å². The zero-order chi connectivity index (χ0) is 34.3. The van der Waals surface area contributed by atoms with Gasteiger partial charge in [-0.15, -0.1) is 11.8 Å². The van der Waals surface area contributed by atoms with Crippen molar-refractivity contribution in [2.24, 2.45) is 5.92 Å². The summed E-state index contributed by atoms with van der Waals surface area (Å²) < 4.78 is 67.9. The quantitative estimate of drug-likeness (QED) is 0.248. The molecule has 256 valence electrons. The number of carbonyl (C=O) groups excluding carboxylic acids is 2. The van der Waals surface area contributed by atoms with Crippen molar-refractivity contribution in [2.75, 3.05) is 38.5 Å². The second kappa shape index (κ2) is 13.6. The molecule has 0 bridgehead atoms. The standard InChI is InChI=1S/C32H35F2N4O8PS/c1-5-45-47(42,35-27(18(2)3)32(41)43-4)46-30-23(39)12-13-37-29(30)31(40)36-14-15-44-16-25(36)38(37)28-19-10-11-22(33)26(34)21(19)17-48-24-9-7-6-8-20(24)28/h6-13,18,25,27-28H,5,14-17H2,1-4H3,(H,35,42)/t25-,27+,28+,47?/m1/s1. The third-order valence-corrected chi connectivity index (χ3v) is 11.2. The third-order valence-electron chi connectivity index (χ3n) is 8.46. The molecule has 0 spiro atoms. The number of morpholine rings is 1. The number of nitrogens with one attached hydrogen (secondary N) is 1. The average molecular weight is 705 g/mol. The summed E-state index contributed by atoms with van der Waals surface area (Å²) in [6.07, 6.45) is 0.636. The fraction of sp³-hybridized carbons (Fsp3) is 0.406. The maximum absolute atomic E-state index is 15.5. The Hall–Kier alpha value is -3.75. The van der Waals surface area contributed by atoms with Crippen molar-refractivity contribution in [3.63, 3.8) is 0 Å². The number of halogens is 2. The van der Waals surface area contributed by atoms with Gasteiger partial charge in [0.25, 0.3) is 5.91 Å². The van der Waals surface area contributed by atoms with E-state index in [0.29, 0.717) is 5.56 Å². The number of esters is 1. The first-order valence-electron chi connectivity index (χ1n) is 15.4. The number of rotatable bonds is 9. The largest absolute Gasteiger partial charge is 0.468 e. The molecule has 0 aliphatic carbocycles. The maximum atomic E-state index is 15.5. The van der Waals surface area contributed by atoms with Crippen molar-refractivity contribution in [2.45, 2.75) is 49.7 Å². The van der Waals surface area contributed by atoms with Crippen LogP contribution in [0.1, 0.15) is 54.0 Å². The molecule has 1 fully saturated rings. The molecule has 2 aromatic carbocycles. The predicted octanol–water partition coefficient (Wildman–Crippen LogP) is 4.58. The van der Waals surface area contributed by atoms with E-state index in [1.165, 1.54) is 40.7 Å². The van der Waals surface area contributed by atoms with E-state index in [-0.39, 0.29) is 43.4 Å². The molecule has 1 saturated heterocycles. The van der Waals surface area contributed by atoms with Crippen LogP contribution in [0.2, 0.25) is 0 Å². The van der Waals surface area contributed by atoms with Gasteiger partial charge >= 0.3 is 13.7 Å². The lowest BCUT2D eigenvalue weighted by atomic mass is 9.93. The smallest absolute Gasteiger partial charge is 0.459 e. The van der Waals surface area contributed by atoms with E-state index in [0.717, 1.165) is 22.6 Å². The fourth-order valence-corrected chi connectivity index (χ4v) is 9.01. The summed E-state index contributed by atoms with van der Waals surface area (Å²) in [6.45, 7) is 5.21. The molecule has 1 aromatic heterocycles. The fourth-order valence-electron chi connectivity index (χ4n) is 6.21. The molecular weight excluding hydrogens is 669 g/mol. The monoisotopic (exact) mass is 704 g/mol. The molecule has 6 rings (SSSR count). The van der Waals surface area contributed by atoms with Gasteiger partial charge in [-0.3, -0.25) is 28.6 Å². The van der Waals surface area contributed by atoms with Gasteiger partial charge in [0.15, 0.2) is 17.3 Å². The van der Waals surface area contributed by atoms with E-state index in [2.05, 4.69) is 5.09 Å². The molecule has 12 nitrogen and oxygen atoms in total. The minimum Gasteiger partial charge on any atom is -0.468 e. The van der Waals surface area contributed by atoms with Crippen LogP contribution in [0.5, 0.6) is 5.75 Å². The molecule has 1 unspecified atom stereocenters. The van der Waals surface area contributed by atoms with Crippen LogP contribution in [0.25, 0.3) is 0 Å². The molecule has 1 amide bonds. The zero-order valence-electron chi connectivity index (χ0n) is 26.7. The highest BCUT2D eigenvalue weighted by Gasteiger charge is 2.47. The molecule has 3 aliphatic rings. The maximum Gasteiger partial charge on any atom is 0.459 e. The Morgan fingerprint density at radius 3 is 2.65 bits per heavy atom. The first-order chi connectivity index (χ1) is 23.0. The highest BCUT2D eigenvalue weighted by atomic mass is 32.2. The summed E-state index contributed by atoms with van der Waals surface area (Å²) in [5, 5.41) is 4.38. The van der Waals surface area contributed by atoms with E-state index >= 15 is 4.39 Å². The van der Waals surface area contributed by atoms with Crippen LogP contribution in [0.4, 0.5) is 8.78 Å². The molecule has 0 saturated carbocycles. The Morgan fingerprint density at radius 2 is 1.92 bits per heavy atom. The van der Waals surface area contributed by atoms with Crippen molar-refractivity contribution in [3.8, 4) is 5.75 Å². The number of thioether (sulfide) groups is 1. The number of benzene rings is 2. The second-order valence-corrected chi connectivity index (χ2v) is 14.4. The number of carbonyl (C=O) groups is 2. The number of hydrogen-bond donors (Lipinski definition) is 1. The zero-order valence-corrected chi connectivity index (χ0v) is 28.4. The lowest BCUT2D eigenvalue weighted by Gasteiger charge is -2.51. The van der Waals surface area contributed by atoms with Crippen LogP contribution >= 0.6 is 19.5 Å². The van der Waals surface area contributed by atoms with Gasteiger partial charge in [-0.25, -0.2) is 13.3 Å². The minimum atomic E-state index is -4.50. The lowest BCUT2D eigenvalue weighted by Crippen LogP contribution is -2.66.